The Bertz CT molecular complexity index is 344. The molecule has 0 aliphatic carbocycles. The van der Waals surface area contributed by atoms with Crippen LogP contribution < -0.4 is 10.5 Å². The number of hydrogen-bond donors (Lipinski definition) is 1. The zero-order valence-electron chi connectivity index (χ0n) is 9.00. The summed E-state index contributed by atoms with van der Waals surface area (Å²) in [5, 5.41) is 0. The summed E-state index contributed by atoms with van der Waals surface area (Å²) >= 11 is 0. The molecule has 0 spiro atoms. The number of ether oxygens (including phenoxy) is 1. The third-order valence-electron chi connectivity index (χ3n) is 2.32. The van der Waals surface area contributed by atoms with Gasteiger partial charge in [0, 0.05) is 0 Å². The van der Waals surface area contributed by atoms with Crippen molar-refractivity contribution in [2.45, 2.75) is 19.9 Å². The van der Waals surface area contributed by atoms with E-state index in [4.69, 9.17) is 10.5 Å². The lowest BCUT2D eigenvalue weighted by Crippen LogP contribution is -2.11. The minimum absolute atomic E-state index is 0.107. The quantitative estimate of drug-likeness (QED) is 0.745. The summed E-state index contributed by atoms with van der Waals surface area (Å²) in [5.74, 6) is 0.874. The van der Waals surface area contributed by atoms with Crippen molar-refractivity contribution in [3.05, 3.63) is 41.5 Å². The van der Waals surface area contributed by atoms with Crippen molar-refractivity contribution in [3.63, 3.8) is 0 Å². The van der Waals surface area contributed by atoms with Crippen molar-refractivity contribution in [1.82, 2.24) is 0 Å². The number of rotatable bonds is 3. The van der Waals surface area contributed by atoms with E-state index >= 15 is 0 Å². The smallest absolute Gasteiger partial charge is 0.122 e. The average molecular weight is 191 g/mol. The number of aryl methyl sites for hydroxylation is 1. The first-order valence-corrected chi connectivity index (χ1v) is 4.61. The van der Waals surface area contributed by atoms with Gasteiger partial charge in [-0.1, -0.05) is 24.3 Å². The first-order valence-electron chi connectivity index (χ1n) is 4.61. The van der Waals surface area contributed by atoms with Crippen LogP contribution in [0.2, 0.25) is 0 Å². The highest BCUT2D eigenvalue weighted by molar-refractivity contribution is 5.39. The third-order valence-corrected chi connectivity index (χ3v) is 2.32. The van der Waals surface area contributed by atoms with Gasteiger partial charge in [0.15, 0.2) is 0 Å². The summed E-state index contributed by atoms with van der Waals surface area (Å²) in [6.45, 7) is 7.78. The molecule has 2 heteroatoms. The zero-order chi connectivity index (χ0) is 10.7. The molecule has 2 nitrogen and oxygen atoms in total. The minimum Gasteiger partial charge on any atom is -0.496 e. The minimum atomic E-state index is -0.107. The molecule has 1 unspecified atom stereocenters. The molecule has 0 aliphatic heterocycles. The van der Waals surface area contributed by atoms with Crippen LogP contribution in [0.15, 0.2) is 30.4 Å². The second-order valence-corrected chi connectivity index (χ2v) is 3.55. The van der Waals surface area contributed by atoms with Gasteiger partial charge in [-0.3, -0.25) is 0 Å². The van der Waals surface area contributed by atoms with Crippen LogP contribution in [0.1, 0.15) is 24.1 Å². The predicted octanol–water partition coefficient (Wildman–Crippen LogP) is 2.58. The fourth-order valence-corrected chi connectivity index (χ4v) is 1.31. The average Bonchev–Trinajstić information content (AvgIpc) is 2.17. The molecule has 1 atom stereocenters. The monoisotopic (exact) mass is 191 g/mol. The molecule has 1 aromatic rings. The Labute approximate surface area is 85.4 Å². The van der Waals surface area contributed by atoms with Crippen molar-refractivity contribution in [1.29, 1.82) is 0 Å². The van der Waals surface area contributed by atoms with Crippen LogP contribution >= 0.6 is 0 Å². The summed E-state index contributed by atoms with van der Waals surface area (Å²) in [4.78, 5) is 0. The molecule has 76 valence electrons. The van der Waals surface area contributed by atoms with E-state index in [1.807, 2.05) is 32.0 Å². The molecular formula is C12H17NO. The first-order chi connectivity index (χ1) is 6.56. The Morgan fingerprint density at radius 2 is 2.14 bits per heavy atom. The van der Waals surface area contributed by atoms with Gasteiger partial charge >= 0.3 is 0 Å². The molecule has 0 saturated heterocycles. The summed E-state index contributed by atoms with van der Waals surface area (Å²) in [5.41, 5.74) is 9.07. The fraction of sp³-hybridized carbons (Fsp3) is 0.333. The normalized spacial score (nSPS) is 12.3. The van der Waals surface area contributed by atoms with Gasteiger partial charge in [-0.15, -0.1) is 0 Å². The number of methoxy groups -OCH3 is 1. The lowest BCUT2D eigenvalue weighted by molar-refractivity contribution is 0.411. The Morgan fingerprint density at radius 1 is 1.50 bits per heavy atom. The first kappa shape index (κ1) is 10.8. The topological polar surface area (TPSA) is 35.2 Å². The van der Waals surface area contributed by atoms with E-state index in [0.717, 1.165) is 22.4 Å². The SMILES string of the molecule is C=C(C)C(N)c1ccc(C)c(OC)c1. The van der Waals surface area contributed by atoms with Gasteiger partial charge in [-0.2, -0.15) is 0 Å². The van der Waals surface area contributed by atoms with Crippen molar-refractivity contribution in [2.24, 2.45) is 5.73 Å². The number of hydrogen-bond acceptors (Lipinski definition) is 2. The maximum absolute atomic E-state index is 5.96. The van der Waals surface area contributed by atoms with Crippen LogP contribution in [0, 0.1) is 6.92 Å². The molecule has 0 bridgehead atoms. The number of nitrogens with two attached hydrogens (primary N) is 1. The maximum atomic E-state index is 5.96. The Morgan fingerprint density at radius 3 is 2.64 bits per heavy atom. The van der Waals surface area contributed by atoms with E-state index in [0.29, 0.717) is 0 Å². The molecule has 14 heavy (non-hydrogen) atoms. The van der Waals surface area contributed by atoms with Gasteiger partial charge in [-0.05, 0) is 31.0 Å². The van der Waals surface area contributed by atoms with Crippen LogP contribution in [0.4, 0.5) is 0 Å². The highest BCUT2D eigenvalue weighted by Crippen LogP contribution is 2.24. The summed E-state index contributed by atoms with van der Waals surface area (Å²) in [7, 11) is 1.67. The Kier molecular flexibility index (Phi) is 3.31. The van der Waals surface area contributed by atoms with E-state index in [9.17, 15) is 0 Å². The predicted molar refractivity (Wildman–Crippen MR) is 59.5 cm³/mol. The van der Waals surface area contributed by atoms with E-state index in [-0.39, 0.29) is 6.04 Å². The largest absolute Gasteiger partial charge is 0.496 e. The van der Waals surface area contributed by atoms with Crippen LogP contribution in [0.5, 0.6) is 5.75 Å². The lowest BCUT2D eigenvalue weighted by Gasteiger charge is -2.14. The number of benzene rings is 1. The van der Waals surface area contributed by atoms with E-state index in [2.05, 4.69) is 6.58 Å². The summed E-state index contributed by atoms with van der Waals surface area (Å²) < 4.78 is 5.23. The molecule has 0 radical (unpaired) electrons. The molecule has 1 aromatic carbocycles. The van der Waals surface area contributed by atoms with Gasteiger partial charge < -0.3 is 10.5 Å². The summed E-state index contributed by atoms with van der Waals surface area (Å²) in [6.07, 6.45) is 0. The van der Waals surface area contributed by atoms with E-state index < -0.39 is 0 Å². The van der Waals surface area contributed by atoms with Gasteiger partial charge in [0.2, 0.25) is 0 Å². The highest BCUT2D eigenvalue weighted by Gasteiger charge is 2.08. The fourth-order valence-electron chi connectivity index (χ4n) is 1.31. The van der Waals surface area contributed by atoms with Crippen LogP contribution in [-0.4, -0.2) is 7.11 Å². The van der Waals surface area contributed by atoms with E-state index in [1.54, 1.807) is 7.11 Å². The van der Waals surface area contributed by atoms with E-state index in [1.165, 1.54) is 0 Å². The third kappa shape index (κ3) is 2.15. The van der Waals surface area contributed by atoms with Gasteiger partial charge in [-0.25, -0.2) is 0 Å². The van der Waals surface area contributed by atoms with Gasteiger partial charge in [0.25, 0.3) is 0 Å². The second kappa shape index (κ2) is 4.29. The second-order valence-electron chi connectivity index (χ2n) is 3.55. The van der Waals surface area contributed by atoms with Gasteiger partial charge in [0.05, 0.1) is 13.2 Å². The molecule has 0 saturated carbocycles. The molecule has 0 fully saturated rings. The Hall–Kier alpha value is -1.28. The van der Waals surface area contributed by atoms with Crippen molar-refractivity contribution in [2.75, 3.05) is 7.11 Å². The zero-order valence-corrected chi connectivity index (χ0v) is 9.00. The highest BCUT2D eigenvalue weighted by atomic mass is 16.5. The van der Waals surface area contributed by atoms with Crippen molar-refractivity contribution < 1.29 is 4.74 Å². The lowest BCUT2D eigenvalue weighted by atomic mass is 10.0. The molecule has 0 aliphatic rings. The molecule has 0 amide bonds. The molecular weight excluding hydrogens is 174 g/mol. The van der Waals surface area contributed by atoms with Crippen LogP contribution in [0.25, 0.3) is 0 Å². The van der Waals surface area contributed by atoms with Gasteiger partial charge in [0.1, 0.15) is 5.75 Å². The van der Waals surface area contributed by atoms with Crippen molar-refractivity contribution in [3.8, 4) is 5.75 Å². The molecule has 1 rings (SSSR count). The molecule has 2 N–H and O–H groups in total. The van der Waals surface area contributed by atoms with Crippen LogP contribution in [-0.2, 0) is 0 Å². The summed E-state index contributed by atoms with van der Waals surface area (Å²) in [6, 6.07) is 5.88. The standard InChI is InChI=1S/C12H17NO/c1-8(2)12(13)10-6-5-9(3)11(7-10)14-4/h5-7,12H,1,13H2,2-4H3. The maximum Gasteiger partial charge on any atom is 0.122 e. The Balaban J connectivity index is 3.06. The van der Waals surface area contributed by atoms with Crippen LogP contribution in [0.3, 0.4) is 0 Å². The molecule has 0 heterocycles. The molecule has 0 aromatic heterocycles. The van der Waals surface area contributed by atoms with Crippen molar-refractivity contribution >= 4 is 0 Å².